The average Bonchev–Trinajstić information content (AvgIpc) is 2.46. The summed E-state index contributed by atoms with van der Waals surface area (Å²) in [4.78, 5) is 22.0. The number of nitrogens with zero attached hydrogens (tertiary/aromatic N) is 2. The van der Waals surface area contributed by atoms with E-state index in [-0.39, 0.29) is 22.9 Å². The van der Waals surface area contributed by atoms with Crippen LogP contribution in [0.2, 0.25) is 0 Å². The molecule has 0 fully saturated rings. The number of ether oxygens (including phenoxy) is 1. The van der Waals surface area contributed by atoms with Crippen LogP contribution in [0.25, 0.3) is 0 Å². The molecule has 8 heteroatoms. The van der Waals surface area contributed by atoms with E-state index < -0.39 is 11.0 Å². The molecule has 0 aliphatic rings. The van der Waals surface area contributed by atoms with Crippen molar-refractivity contribution in [1.29, 1.82) is 0 Å². The number of phenols is 1. The van der Waals surface area contributed by atoms with Crippen LogP contribution >= 0.6 is 0 Å². The van der Waals surface area contributed by atoms with Gasteiger partial charge in [0.05, 0.1) is 4.92 Å². The molecule has 2 aromatic carbocycles. The van der Waals surface area contributed by atoms with Gasteiger partial charge in [-0.15, -0.1) is 0 Å². The Morgan fingerprint density at radius 2 is 1.91 bits per heavy atom. The Morgan fingerprint density at radius 1 is 1.23 bits per heavy atom. The molecule has 0 saturated carbocycles. The zero-order valence-corrected chi connectivity index (χ0v) is 11.5. The Hall–Kier alpha value is -3.29. The third-order valence-electron chi connectivity index (χ3n) is 2.85. The van der Waals surface area contributed by atoms with Crippen molar-refractivity contribution in [3.8, 4) is 17.2 Å². The van der Waals surface area contributed by atoms with Gasteiger partial charge in [-0.05, 0) is 18.2 Å². The predicted octanol–water partition coefficient (Wildman–Crippen LogP) is 3.21. The molecule has 0 atom stereocenters. The Morgan fingerprint density at radius 3 is 2.50 bits per heavy atom. The number of nitro groups is 1. The molecule has 0 radical (unpaired) electrons. The van der Waals surface area contributed by atoms with Crippen LogP contribution in [-0.4, -0.2) is 28.3 Å². The summed E-state index contributed by atoms with van der Waals surface area (Å²) in [5.41, 5.74) is -0.469. The molecular weight excluding hydrogens is 292 g/mol. The minimum absolute atomic E-state index is 0.00212. The summed E-state index contributed by atoms with van der Waals surface area (Å²) in [7, 11) is 1.20. The minimum atomic E-state index is -1.34. The van der Waals surface area contributed by atoms with Crippen LogP contribution < -0.4 is 9.64 Å². The predicted molar refractivity (Wildman–Crippen MR) is 77.7 cm³/mol. The summed E-state index contributed by atoms with van der Waals surface area (Å²) in [6.45, 7) is 0. The molecule has 0 saturated heterocycles. The monoisotopic (exact) mass is 304 g/mol. The zero-order valence-electron chi connectivity index (χ0n) is 11.5. The van der Waals surface area contributed by atoms with Gasteiger partial charge in [-0.2, -0.15) is 0 Å². The first kappa shape index (κ1) is 15.1. The topological polar surface area (TPSA) is 113 Å². The highest BCUT2D eigenvalue weighted by Gasteiger charge is 2.22. The first-order valence-corrected chi connectivity index (χ1v) is 6.10. The van der Waals surface area contributed by atoms with Crippen molar-refractivity contribution in [2.45, 2.75) is 0 Å². The maximum atomic E-state index is 11.0. The van der Waals surface area contributed by atoms with Crippen molar-refractivity contribution in [2.24, 2.45) is 0 Å². The number of carbonyl (C=O) groups is 1. The second-order valence-electron chi connectivity index (χ2n) is 4.35. The molecule has 0 spiro atoms. The van der Waals surface area contributed by atoms with Crippen LogP contribution in [0.5, 0.6) is 17.2 Å². The Balaban J connectivity index is 2.40. The van der Waals surface area contributed by atoms with Crippen molar-refractivity contribution in [3.05, 3.63) is 52.6 Å². The number of hydrogen-bond donors (Lipinski definition) is 2. The summed E-state index contributed by atoms with van der Waals surface area (Å²) >= 11 is 0. The summed E-state index contributed by atoms with van der Waals surface area (Å²) in [6, 6.07) is 9.74. The average molecular weight is 304 g/mol. The summed E-state index contributed by atoms with van der Waals surface area (Å²) in [6.07, 6.45) is -1.34. The SMILES string of the molecule is CN(C(=O)O)c1cc(Oc2cccc(O)c2)ccc1[N+](=O)[O-]. The smallest absolute Gasteiger partial charge is 0.411 e. The van der Waals surface area contributed by atoms with Gasteiger partial charge in [-0.25, -0.2) is 4.79 Å². The van der Waals surface area contributed by atoms with E-state index in [4.69, 9.17) is 9.84 Å². The molecule has 0 aromatic heterocycles. The van der Waals surface area contributed by atoms with Crippen LogP contribution in [0.3, 0.4) is 0 Å². The Bertz CT molecular complexity index is 731. The fourth-order valence-corrected chi connectivity index (χ4v) is 1.78. The first-order chi connectivity index (χ1) is 10.4. The highest BCUT2D eigenvalue weighted by atomic mass is 16.6. The van der Waals surface area contributed by atoms with Gasteiger partial charge >= 0.3 is 6.09 Å². The molecule has 1 amide bonds. The van der Waals surface area contributed by atoms with Crippen LogP contribution in [0.1, 0.15) is 0 Å². The number of anilines is 1. The maximum absolute atomic E-state index is 11.0. The van der Waals surface area contributed by atoms with Gasteiger partial charge in [-0.3, -0.25) is 15.0 Å². The fraction of sp³-hybridized carbons (Fsp3) is 0.0714. The van der Waals surface area contributed by atoms with E-state index in [0.29, 0.717) is 5.75 Å². The lowest BCUT2D eigenvalue weighted by atomic mass is 10.2. The van der Waals surface area contributed by atoms with Gasteiger partial charge in [0.2, 0.25) is 0 Å². The second-order valence-corrected chi connectivity index (χ2v) is 4.35. The van der Waals surface area contributed by atoms with Gasteiger partial charge in [-0.1, -0.05) is 6.07 Å². The molecule has 2 N–H and O–H groups in total. The van der Waals surface area contributed by atoms with Gasteiger partial charge in [0, 0.05) is 25.2 Å². The van der Waals surface area contributed by atoms with E-state index in [2.05, 4.69) is 0 Å². The lowest BCUT2D eigenvalue weighted by Gasteiger charge is -2.14. The van der Waals surface area contributed by atoms with Crippen molar-refractivity contribution >= 4 is 17.5 Å². The highest BCUT2D eigenvalue weighted by molar-refractivity contribution is 5.89. The summed E-state index contributed by atoms with van der Waals surface area (Å²) in [5.74, 6) is 0.527. The van der Waals surface area contributed by atoms with E-state index in [0.717, 1.165) is 11.0 Å². The molecule has 114 valence electrons. The first-order valence-electron chi connectivity index (χ1n) is 6.10. The number of amides is 1. The van der Waals surface area contributed by atoms with Crippen LogP contribution in [0, 0.1) is 10.1 Å². The number of aromatic hydroxyl groups is 1. The van der Waals surface area contributed by atoms with Gasteiger partial charge < -0.3 is 14.9 Å². The molecular formula is C14H12N2O6. The highest BCUT2D eigenvalue weighted by Crippen LogP contribution is 2.34. The molecule has 0 aliphatic heterocycles. The number of benzene rings is 2. The lowest BCUT2D eigenvalue weighted by molar-refractivity contribution is -0.384. The van der Waals surface area contributed by atoms with Gasteiger partial charge in [0.25, 0.3) is 5.69 Å². The maximum Gasteiger partial charge on any atom is 0.411 e. The molecule has 0 aliphatic carbocycles. The second kappa shape index (κ2) is 6.00. The van der Waals surface area contributed by atoms with Gasteiger partial charge in [0.1, 0.15) is 22.9 Å². The van der Waals surface area contributed by atoms with E-state index >= 15 is 0 Å². The number of phenolic OH excluding ortho intramolecular Hbond substituents is 1. The number of carboxylic acid groups (broad SMARTS) is 1. The normalized spacial score (nSPS) is 10.0. The lowest BCUT2D eigenvalue weighted by Crippen LogP contribution is -2.24. The summed E-state index contributed by atoms with van der Waals surface area (Å²) < 4.78 is 5.46. The number of hydrogen-bond acceptors (Lipinski definition) is 5. The molecule has 0 unspecified atom stereocenters. The Labute approximate surface area is 124 Å². The Kier molecular flexibility index (Phi) is 4.12. The van der Waals surface area contributed by atoms with E-state index in [9.17, 15) is 20.0 Å². The third kappa shape index (κ3) is 3.23. The molecule has 8 nitrogen and oxygen atoms in total. The quantitative estimate of drug-likeness (QED) is 0.662. The van der Waals surface area contributed by atoms with Crippen molar-refractivity contribution < 1.29 is 24.7 Å². The molecule has 2 rings (SSSR count). The largest absolute Gasteiger partial charge is 0.508 e. The molecule has 2 aromatic rings. The molecule has 0 bridgehead atoms. The molecule has 0 heterocycles. The van der Waals surface area contributed by atoms with E-state index in [1.165, 1.54) is 31.3 Å². The van der Waals surface area contributed by atoms with Crippen molar-refractivity contribution in [2.75, 3.05) is 11.9 Å². The van der Waals surface area contributed by atoms with Crippen LogP contribution in [0.15, 0.2) is 42.5 Å². The van der Waals surface area contributed by atoms with Crippen LogP contribution in [-0.2, 0) is 0 Å². The number of nitro benzene ring substituents is 1. The number of rotatable bonds is 4. The summed E-state index contributed by atoms with van der Waals surface area (Å²) in [5, 5.41) is 29.3. The third-order valence-corrected chi connectivity index (χ3v) is 2.85. The minimum Gasteiger partial charge on any atom is -0.508 e. The van der Waals surface area contributed by atoms with E-state index in [1.54, 1.807) is 12.1 Å². The fourth-order valence-electron chi connectivity index (χ4n) is 1.78. The van der Waals surface area contributed by atoms with Crippen molar-refractivity contribution in [1.82, 2.24) is 0 Å². The van der Waals surface area contributed by atoms with Crippen LogP contribution in [0.4, 0.5) is 16.2 Å². The van der Waals surface area contributed by atoms with Crippen molar-refractivity contribution in [3.63, 3.8) is 0 Å². The van der Waals surface area contributed by atoms with Gasteiger partial charge in [0.15, 0.2) is 0 Å². The van der Waals surface area contributed by atoms with E-state index in [1.807, 2.05) is 0 Å². The standard InChI is InChI=1S/C14H12N2O6/c1-15(14(18)19)13-8-11(5-6-12(13)16(20)21)22-10-4-2-3-9(17)7-10/h2-8,17H,1H3,(H,18,19). The molecule has 22 heavy (non-hydrogen) atoms. The zero-order chi connectivity index (χ0) is 16.3.